The number of ether oxygens (including phenoxy) is 1. The van der Waals surface area contributed by atoms with Crippen molar-refractivity contribution >= 4 is 28.5 Å². The zero-order chi connectivity index (χ0) is 11.1. The number of halogens is 1. The first-order chi connectivity index (χ1) is 7.24. The van der Waals surface area contributed by atoms with Gasteiger partial charge < -0.3 is 4.74 Å². The Morgan fingerprint density at radius 2 is 2.00 bits per heavy atom. The molecule has 0 aliphatic carbocycles. The first-order valence-electron chi connectivity index (χ1n) is 4.40. The second-order valence-corrected chi connectivity index (χ2v) is 4.02. The van der Waals surface area contributed by atoms with Crippen molar-refractivity contribution in [2.45, 2.75) is 0 Å². The van der Waals surface area contributed by atoms with Crippen molar-refractivity contribution < 1.29 is 14.4 Å². The third-order valence-electron chi connectivity index (χ3n) is 1.66. The van der Waals surface area contributed by atoms with E-state index >= 15 is 0 Å². The van der Waals surface area contributed by atoms with Crippen LogP contribution in [0.1, 0.15) is 10.4 Å². The Morgan fingerprint density at radius 1 is 1.33 bits per heavy atom. The van der Waals surface area contributed by atoms with Crippen LogP contribution in [-0.2, 0) is 9.57 Å². The van der Waals surface area contributed by atoms with Crippen LogP contribution >= 0.6 is 22.6 Å². The minimum atomic E-state index is -0.248. The second-order valence-electron chi connectivity index (χ2n) is 2.78. The van der Waals surface area contributed by atoms with Gasteiger partial charge in [-0.3, -0.25) is 9.63 Å². The Labute approximate surface area is 102 Å². The Morgan fingerprint density at radius 3 is 2.60 bits per heavy atom. The van der Waals surface area contributed by atoms with E-state index in [1.807, 2.05) is 12.1 Å². The molecule has 1 aromatic carbocycles. The van der Waals surface area contributed by atoms with E-state index in [9.17, 15) is 4.79 Å². The van der Waals surface area contributed by atoms with Gasteiger partial charge in [-0.1, -0.05) is 0 Å². The van der Waals surface area contributed by atoms with Crippen molar-refractivity contribution in [3.8, 4) is 0 Å². The maximum absolute atomic E-state index is 11.4. The quantitative estimate of drug-likeness (QED) is 0.509. The summed E-state index contributed by atoms with van der Waals surface area (Å²) in [5.74, 6) is -0.248. The number of methoxy groups -OCH3 is 1. The molecule has 0 saturated carbocycles. The predicted molar refractivity (Wildman–Crippen MR) is 64.5 cm³/mol. The lowest BCUT2D eigenvalue weighted by atomic mass is 10.2. The van der Waals surface area contributed by atoms with Crippen LogP contribution in [0.5, 0.6) is 0 Å². The Bertz CT molecular complexity index is 313. The zero-order valence-electron chi connectivity index (χ0n) is 8.33. The molecule has 0 bridgehead atoms. The van der Waals surface area contributed by atoms with Gasteiger partial charge in [0.25, 0.3) is 5.91 Å². The highest BCUT2D eigenvalue weighted by Gasteiger charge is 2.03. The molecule has 0 aromatic heterocycles. The molecule has 15 heavy (non-hydrogen) atoms. The fourth-order valence-corrected chi connectivity index (χ4v) is 1.26. The summed E-state index contributed by atoms with van der Waals surface area (Å²) in [5, 5.41) is 0. The highest BCUT2D eigenvalue weighted by Crippen LogP contribution is 2.06. The van der Waals surface area contributed by atoms with Gasteiger partial charge in [0.2, 0.25) is 0 Å². The predicted octanol–water partition coefficient (Wildman–Crippen LogP) is 1.60. The number of carbonyl (C=O) groups excluding carboxylic acids is 1. The minimum Gasteiger partial charge on any atom is -0.382 e. The highest BCUT2D eigenvalue weighted by molar-refractivity contribution is 14.1. The molecular formula is C10H12INO3. The van der Waals surface area contributed by atoms with Crippen molar-refractivity contribution in [3.63, 3.8) is 0 Å². The number of benzene rings is 1. The maximum Gasteiger partial charge on any atom is 0.274 e. The average Bonchev–Trinajstić information content (AvgIpc) is 2.25. The van der Waals surface area contributed by atoms with Gasteiger partial charge in [0.15, 0.2) is 0 Å². The van der Waals surface area contributed by atoms with E-state index in [4.69, 9.17) is 9.57 Å². The molecule has 1 amide bonds. The lowest BCUT2D eigenvalue weighted by Crippen LogP contribution is -2.25. The fourth-order valence-electron chi connectivity index (χ4n) is 0.902. The smallest absolute Gasteiger partial charge is 0.274 e. The summed E-state index contributed by atoms with van der Waals surface area (Å²) in [6.07, 6.45) is 0. The number of amides is 1. The molecule has 0 aliphatic heterocycles. The zero-order valence-corrected chi connectivity index (χ0v) is 10.5. The molecule has 0 unspecified atom stereocenters. The highest BCUT2D eigenvalue weighted by atomic mass is 127. The fraction of sp³-hybridized carbons (Fsp3) is 0.300. The molecule has 4 nitrogen and oxygen atoms in total. The van der Waals surface area contributed by atoms with Gasteiger partial charge in [0, 0.05) is 16.2 Å². The summed E-state index contributed by atoms with van der Waals surface area (Å²) < 4.78 is 5.86. The Hall–Kier alpha value is -0.660. The molecule has 1 rings (SSSR count). The standard InChI is InChI=1S/C10H12INO3/c1-14-6-7-15-12-10(13)8-2-4-9(11)5-3-8/h2-5H,6-7H2,1H3,(H,12,13). The van der Waals surface area contributed by atoms with Gasteiger partial charge in [-0.2, -0.15) is 0 Å². The number of hydroxylamine groups is 1. The monoisotopic (exact) mass is 321 g/mol. The molecule has 0 heterocycles. The van der Waals surface area contributed by atoms with Gasteiger partial charge in [0.05, 0.1) is 13.2 Å². The van der Waals surface area contributed by atoms with Crippen molar-refractivity contribution in [1.82, 2.24) is 5.48 Å². The van der Waals surface area contributed by atoms with Gasteiger partial charge in [-0.25, -0.2) is 5.48 Å². The van der Waals surface area contributed by atoms with Crippen molar-refractivity contribution in [2.75, 3.05) is 20.3 Å². The number of carbonyl (C=O) groups is 1. The molecule has 5 heteroatoms. The second kappa shape index (κ2) is 6.76. The topological polar surface area (TPSA) is 47.6 Å². The first-order valence-corrected chi connectivity index (χ1v) is 5.48. The van der Waals surface area contributed by atoms with E-state index in [1.165, 1.54) is 0 Å². The van der Waals surface area contributed by atoms with Crippen LogP contribution in [0.3, 0.4) is 0 Å². The largest absolute Gasteiger partial charge is 0.382 e. The summed E-state index contributed by atoms with van der Waals surface area (Å²) in [6.45, 7) is 0.791. The molecule has 0 radical (unpaired) electrons. The average molecular weight is 321 g/mol. The summed E-state index contributed by atoms with van der Waals surface area (Å²) in [6, 6.07) is 7.23. The number of hydrogen-bond donors (Lipinski definition) is 1. The van der Waals surface area contributed by atoms with E-state index in [-0.39, 0.29) is 5.91 Å². The Balaban J connectivity index is 2.37. The van der Waals surface area contributed by atoms with E-state index in [2.05, 4.69) is 28.1 Å². The minimum absolute atomic E-state index is 0.248. The number of hydrogen-bond acceptors (Lipinski definition) is 3. The van der Waals surface area contributed by atoms with Crippen LogP contribution < -0.4 is 5.48 Å². The van der Waals surface area contributed by atoms with E-state index < -0.39 is 0 Å². The molecular weight excluding hydrogens is 309 g/mol. The summed E-state index contributed by atoms with van der Waals surface area (Å²) >= 11 is 2.18. The summed E-state index contributed by atoms with van der Waals surface area (Å²) in [7, 11) is 1.57. The van der Waals surface area contributed by atoms with Gasteiger partial charge in [-0.05, 0) is 46.9 Å². The van der Waals surface area contributed by atoms with Crippen LogP contribution in [0.2, 0.25) is 0 Å². The summed E-state index contributed by atoms with van der Waals surface area (Å²) in [5.41, 5.74) is 2.91. The van der Waals surface area contributed by atoms with Crippen LogP contribution in [0.25, 0.3) is 0 Å². The van der Waals surface area contributed by atoms with E-state index in [0.717, 1.165) is 3.57 Å². The first kappa shape index (κ1) is 12.4. The molecule has 0 atom stereocenters. The molecule has 0 aliphatic rings. The molecule has 0 spiro atoms. The molecule has 0 fully saturated rings. The molecule has 82 valence electrons. The molecule has 1 N–H and O–H groups in total. The van der Waals surface area contributed by atoms with E-state index in [1.54, 1.807) is 19.2 Å². The van der Waals surface area contributed by atoms with Crippen molar-refractivity contribution in [2.24, 2.45) is 0 Å². The van der Waals surface area contributed by atoms with Gasteiger partial charge >= 0.3 is 0 Å². The normalized spacial score (nSPS) is 10.0. The summed E-state index contributed by atoms with van der Waals surface area (Å²) in [4.78, 5) is 16.3. The van der Waals surface area contributed by atoms with Crippen LogP contribution in [0.15, 0.2) is 24.3 Å². The van der Waals surface area contributed by atoms with Crippen LogP contribution in [0.4, 0.5) is 0 Å². The van der Waals surface area contributed by atoms with Crippen molar-refractivity contribution in [1.29, 1.82) is 0 Å². The van der Waals surface area contributed by atoms with Gasteiger partial charge in [-0.15, -0.1) is 0 Å². The van der Waals surface area contributed by atoms with Crippen LogP contribution in [-0.4, -0.2) is 26.2 Å². The lowest BCUT2D eigenvalue weighted by Gasteiger charge is -2.05. The Kier molecular flexibility index (Phi) is 5.59. The van der Waals surface area contributed by atoms with Crippen LogP contribution in [0, 0.1) is 3.57 Å². The maximum atomic E-state index is 11.4. The lowest BCUT2D eigenvalue weighted by molar-refractivity contribution is 0.00889. The molecule has 0 saturated heterocycles. The number of rotatable bonds is 5. The third-order valence-corrected chi connectivity index (χ3v) is 2.38. The molecule has 1 aromatic rings. The van der Waals surface area contributed by atoms with Crippen molar-refractivity contribution in [3.05, 3.63) is 33.4 Å². The SMILES string of the molecule is COCCONC(=O)c1ccc(I)cc1. The number of nitrogens with one attached hydrogen (secondary N) is 1. The third kappa shape index (κ3) is 4.59. The van der Waals surface area contributed by atoms with Gasteiger partial charge in [0.1, 0.15) is 0 Å². The van der Waals surface area contributed by atoms with E-state index in [0.29, 0.717) is 18.8 Å².